The van der Waals surface area contributed by atoms with Crippen molar-refractivity contribution in [3.05, 3.63) is 54.6 Å². The fourth-order valence-corrected chi connectivity index (χ4v) is 3.26. The molecule has 1 aliphatic rings. The Morgan fingerprint density at radius 3 is 2.35 bits per heavy atom. The molecule has 2 aromatic carbocycles. The van der Waals surface area contributed by atoms with Crippen molar-refractivity contribution in [3.8, 4) is 0 Å². The van der Waals surface area contributed by atoms with Crippen LogP contribution in [0.15, 0.2) is 59.5 Å². The molecule has 0 bridgehead atoms. The third kappa shape index (κ3) is 4.19. The van der Waals surface area contributed by atoms with Gasteiger partial charge in [-0.15, -0.1) is 0 Å². The highest BCUT2D eigenvalue weighted by Crippen LogP contribution is 2.21. The van der Waals surface area contributed by atoms with Gasteiger partial charge in [-0.25, -0.2) is 18.4 Å². The summed E-state index contributed by atoms with van der Waals surface area (Å²) in [5.74, 6) is -0.0565. The molecule has 0 aromatic heterocycles. The van der Waals surface area contributed by atoms with Crippen molar-refractivity contribution < 1.29 is 18.0 Å². The van der Waals surface area contributed by atoms with E-state index in [1.807, 2.05) is 30.3 Å². The summed E-state index contributed by atoms with van der Waals surface area (Å²) < 4.78 is 22.4. The van der Waals surface area contributed by atoms with Gasteiger partial charge in [0, 0.05) is 24.3 Å². The Labute approximate surface area is 151 Å². The van der Waals surface area contributed by atoms with Crippen LogP contribution in [0.25, 0.3) is 0 Å². The number of para-hydroxylation sites is 1. The minimum absolute atomic E-state index is 0.0386. The van der Waals surface area contributed by atoms with Gasteiger partial charge >= 0.3 is 6.03 Å². The standard InChI is InChI=1S/C17H18N4O4S/c18-26(24,25)15-8-6-12(7-9-15)19-17(23)20-13-10-16(22)21(11-13)14-4-2-1-3-5-14/h1-9,13H,10-11H2,(H2,18,24,25)(H2,19,20,23). The van der Waals surface area contributed by atoms with E-state index in [0.29, 0.717) is 12.2 Å². The summed E-state index contributed by atoms with van der Waals surface area (Å²) in [6, 6.07) is 14.0. The van der Waals surface area contributed by atoms with Crippen molar-refractivity contribution in [3.63, 3.8) is 0 Å². The van der Waals surface area contributed by atoms with Crippen molar-refractivity contribution in [1.82, 2.24) is 5.32 Å². The van der Waals surface area contributed by atoms with Crippen LogP contribution in [-0.4, -0.2) is 32.9 Å². The average Bonchev–Trinajstić information content (AvgIpc) is 2.95. The van der Waals surface area contributed by atoms with Gasteiger partial charge in [-0.05, 0) is 36.4 Å². The molecule has 0 aliphatic carbocycles. The number of nitrogens with zero attached hydrogens (tertiary/aromatic N) is 1. The first-order valence-corrected chi connectivity index (χ1v) is 9.43. The van der Waals surface area contributed by atoms with Crippen LogP contribution in [0, 0.1) is 0 Å². The van der Waals surface area contributed by atoms with Gasteiger partial charge in [0.1, 0.15) is 0 Å². The van der Waals surface area contributed by atoms with Crippen LogP contribution in [0.5, 0.6) is 0 Å². The number of carbonyl (C=O) groups excluding carboxylic acids is 2. The van der Waals surface area contributed by atoms with E-state index in [9.17, 15) is 18.0 Å². The largest absolute Gasteiger partial charge is 0.333 e. The van der Waals surface area contributed by atoms with E-state index >= 15 is 0 Å². The molecule has 3 amide bonds. The summed E-state index contributed by atoms with van der Waals surface area (Å²) in [6.07, 6.45) is 0.215. The second-order valence-electron chi connectivity index (χ2n) is 5.91. The molecule has 0 saturated carbocycles. The van der Waals surface area contributed by atoms with Crippen LogP contribution in [0.4, 0.5) is 16.2 Å². The topological polar surface area (TPSA) is 122 Å². The summed E-state index contributed by atoms with van der Waals surface area (Å²) in [5.41, 5.74) is 1.21. The fraction of sp³-hybridized carbons (Fsp3) is 0.176. The molecule has 1 atom stereocenters. The summed E-state index contributed by atoms with van der Waals surface area (Å²) in [7, 11) is -3.78. The van der Waals surface area contributed by atoms with E-state index < -0.39 is 16.1 Å². The number of rotatable bonds is 4. The number of primary sulfonamides is 1. The normalized spacial score (nSPS) is 17.2. The maximum atomic E-state index is 12.1. The quantitative estimate of drug-likeness (QED) is 0.746. The first kappa shape index (κ1) is 17.9. The van der Waals surface area contributed by atoms with E-state index in [2.05, 4.69) is 10.6 Å². The van der Waals surface area contributed by atoms with Gasteiger partial charge in [0.15, 0.2) is 0 Å². The molecule has 1 fully saturated rings. The van der Waals surface area contributed by atoms with Crippen molar-refractivity contribution in [2.24, 2.45) is 5.14 Å². The van der Waals surface area contributed by atoms with Crippen molar-refractivity contribution in [2.75, 3.05) is 16.8 Å². The van der Waals surface area contributed by atoms with Gasteiger partial charge in [-0.1, -0.05) is 18.2 Å². The van der Waals surface area contributed by atoms with Crippen molar-refractivity contribution >= 4 is 33.3 Å². The number of urea groups is 1. The van der Waals surface area contributed by atoms with Gasteiger partial charge in [0.25, 0.3) is 0 Å². The van der Waals surface area contributed by atoms with Crippen LogP contribution in [0.3, 0.4) is 0 Å². The lowest BCUT2D eigenvalue weighted by Gasteiger charge is -2.17. The zero-order valence-corrected chi connectivity index (χ0v) is 14.6. The Hall–Kier alpha value is -2.91. The number of benzene rings is 2. The summed E-state index contributed by atoms with van der Waals surface area (Å²) in [4.78, 5) is 25.8. The van der Waals surface area contributed by atoms with Crippen molar-refractivity contribution in [2.45, 2.75) is 17.4 Å². The molecule has 8 nitrogen and oxygen atoms in total. The minimum atomic E-state index is -3.78. The molecular weight excluding hydrogens is 356 g/mol. The smallest absolute Gasteiger partial charge is 0.319 e. The maximum absolute atomic E-state index is 12.1. The van der Waals surface area contributed by atoms with Crippen LogP contribution in [-0.2, 0) is 14.8 Å². The van der Waals surface area contributed by atoms with Crippen LogP contribution < -0.4 is 20.7 Å². The summed E-state index contributed by atoms with van der Waals surface area (Å²) in [5, 5.41) is 10.4. The molecule has 1 saturated heterocycles. The number of hydrogen-bond donors (Lipinski definition) is 3. The number of nitrogens with one attached hydrogen (secondary N) is 2. The molecular formula is C17H18N4O4S. The van der Waals surface area contributed by atoms with Gasteiger partial charge in [0.05, 0.1) is 10.9 Å². The lowest BCUT2D eigenvalue weighted by molar-refractivity contribution is -0.117. The van der Waals surface area contributed by atoms with Gasteiger partial charge in [-0.2, -0.15) is 0 Å². The number of sulfonamides is 1. The second kappa shape index (κ2) is 7.14. The van der Waals surface area contributed by atoms with E-state index in [1.165, 1.54) is 24.3 Å². The van der Waals surface area contributed by atoms with Crippen molar-refractivity contribution in [1.29, 1.82) is 0 Å². The Kier molecular flexibility index (Phi) is 4.92. The Bertz CT molecular complexity index is 914. The lowest BCUT2D eigenvalue weighted by Crippen LogP contribution is -2.39. The van der Waals surface area contributed by atoms with Crippen LogP contribution in [0.2, 0.25) is 0 Å². The molecule has 9 heteroatoms. The van der Waals surface area contributed by atoms with Gasteiger partial charge in [-0.3, -0.25) is 4.79 Å². The summed E-state index contributed by atoms with van der Waals surface area (Å²) in [6.45, 7) is 0.390. The van der Waals surface area contributed by atoms with E-state index in [4.69, 9.17) is 5.14 Å². The molecule has 4 N–H and O–H groups in total. The Morgan fingerprint density at radius 1 is 1.08 bits per heavy atom. The third-order valence-electron chi connectivity index (χ3n) is 3.97. The lowest BCUT2D eigenvalue weighted by atomic mass is 10.2. The number of amides is 3. The SMILES string of the molecule is NS(=O)(=O)c1ccc(NC(=O)NC2CC(=O)N(c3ccccc3)C2)cc1. The molecule has 26 heavy (non-hydrogen) atoms. The predicted octanol–water partition coefficient (Wildman–Crippen LogP) is 1.26. The number of nitrogens with two attached hydrogens (primary N) is 1. The van der Waals surface area contributed by atoms with Gasteiger partial charge < -0.3 is 15.5 Å². The zero-order chi connectivity index (χ0) is 18.7. The second-order valence-corrected chi connectivity index (χ2v) is 7.47. The molecule has 1 heterocycles. The summed E-state index contributed by atoms with van der Waals surface area (Å²) >= 11 is 0. The minimum Gasteiger partial charge on any atom is -0.333 e. The Morgan fingerprint density at radius 2 is 1.73 bits per heavy atom. The highest BCUT2D eigenvalue weighted by atomic mass is 32.2. The van der Waals surface area contributed by atoms with Gasteiger partial charge in [0.2, 0.25) is 15.9 Å². The average molecular weight is 374 g/mol. The molecule has 136 valence electrons. The van der Waals surface area contributed by atoms with Crippen LogP contribution in [0.1, 0.15) is 6.42 Å². The monoisotopic (exact) mass is 374 g/mol. The van der Waals surface area contributed by atoms with E-state index in [0.717, 1.165) is 5.69 Å². The zero-order valence-electron chi connectivity index (χ0n) is 13.8. The van der Waals surface area contributed by atoms with E-state index in [1.54, 1.807) is 4.90 Å². The highest BCUT2D eigenvalue weighted by Gasteiger charge is 2.31. The highest BCUT2D eigenvalue weighted by molar-refractivity contribution is 7.89. The predicted molar refractivity (Wildman–Crippen MR) is 97.2 cm³/mol. The molecule has 3 rings (SSSR count). The third-order valence-corrected chi connectivity index (χ3v) is 4.90. The molecule has 0 spiro atoms. The molecule has 1 unspecified atom stereocenters. The molecule has 0 radical (unpaired) electrons. The first-order valence-electron chi connectivity index (χ1n) is 7.89. The number of carbonyl (C=O) groups is 2. The molecule has 1 aliphatic heterocycles. The number of anilines is 2. The number of hydrogen-bond acceptors (Lipinski definition) is 4. The maximum Gasteiger partial charge on any atom is 0.319 e. The first-order chi connectivity index (χ1) is 12.3. The fourth-order valence-electron chi connectivity index (χ4n) is 2.74. The molecule has 2 aromatic rings. The van der Waals surface area contributed by atoms with Crippen LogP contribution >= 0.6 is 0 Å². The Balaban J connectivity index is 1.58. The van der Waals surface area contributed by atoms with E-state index in [-0.39, 0.29) is 23.3 Å².